The third-order valence-electron chi connectivity index (χ3n) is 3.69. The van der Waals surface area contributed by atoms with E-state index in [4.69, 9.17) is 4.74 Å². The predicted molar refractivity (Wildman–Crippen MR) is 77.7 cm³/mol. The van der Waals surface area contributed by atoms with Crippen LogP contribution < -0.4 is 4.90 Å². The van der Waals surface area contributed by atoms with Crippen molar-refractivity contribution in [1.82, 2.24) is 0 Å². The van der Waals surface area contributed by atoms with E-state index in [2.05, 4.69) is 6.07 Å². The van der Waals surface area contributed by atoms with Gasteiger partial charge < -0.3 is 9.64 Å². The summed E-state index contributed by atoms with van der Waals surface area (Å²) in [6.07, 6.45) is 2.15. The summed E-state index contributed by atoms with van der Waals surface area (Å²) in [6.45, 7) is 4.56. The summed E-state index contributed by atoms with van der Waals surface area (Å²) in [6, 6.07) is 8.02. The van der Waals surface area contributed by atoms with E-state index in [1.54, 1.807) is 6.92 Å². The van der Waals surface area contributed by atoms with Gasteiger partial charge in [-0.3, -0.25) is 9.59 Å². The van der Waals surface area contributed by atoms with Gasteiger partial charge in [-0.05, 0) is 31.4 Å². The first kappa shape index (κ1) is 14.6. The molecule has 0 saturated carbocycles. The van der Waals surface area contributed by atoms with Crippen molar-refractivity contribution in [1.29, 1.82) is 0 Å². The van der Waals surface area contributed by atoms with Gasteiger partial charge in [0.15, 0.2) is 0 Å². The quantitative estimate of drug-likeness (QED) is 0.776. The lowest BCUT2D eigenvalue weighted by molar-refractivity contribution is -0.143. The fourth-order valence-electron chi connectivity index (χ4n) is 2.77. The number of para-hydroxylation sites is 1. The van der Waals surface area contributed by atoms with E-state index in [0.29, 0.717) is 18.9 Å². The van der Waals surface area contributed by atoms with Gasteiger partial charge in [-0.1, -0.05) is 18.2 Å². The van der Waals surface area contributed by atoms with Crippen LogP contribution in [0.25, 0.3) is 0 Å². The third kappa shape index (κ3) is 3.18. The third-order valence-corrected chi connectivity index (χ3v) is 3.69. The molecule has 0 aromatic heterocycles. The van der Waals surface area contributed by atoms with E-state index in [9.17, 15) is 9.59 Å². The van der Waals surface area contributed by atoms with Crippen LogP contribution in [0.2, 0.25) is 0 Å². The number of rotatable bonds is 5. The molecule has 0 N–H and O–H groups in total. The van der Waals surface area contributed by atoms with Crippen LogP contribution >= 0.6 is 0 Å². The topological polar surface area (TPSA) is 46.6 Å². The Morgan fingerprint density at radius 2 is 2.10 bits per heavy atom. The molecule has 4 heteroatoms. The number of hydrogen-bond donors (Lipinski definition) is 0. The summed E-state index contributed by atoms with van der Waals surface area (Å²) in [5, 5.41) is 0. The van der Waals surface area contributed by atoms with Gasteiger partial charge in [0.2, 0.25) is 5.91 Å². The van der Waals surface area contributed by atoms with Crippen LogP contribution in [0.4, 0.5) is 5.69 Å². The largest absolute Gasteiger partial charge is 0.466 e. The van der Waals surface area contributed by atoms with E-state index < -0.39 is 0 Å². The number of fused-ring (bicyclic) bond motifs is 1. The van der Waals surface area contributed by atoms with Crippen molar-refractivity contribution < 1.29 is 14.3 Å². The van der Waals surface area contributed by atoms with Gasteiger partial charge in [-0.15, -0.1) is 0 Å². The van der Waals surface area contributed by atoms with Crippen molar-refractivity contribution in [3.05, 3.63) is 29.8 Å². The van der Waals surface area contributed by atoms with Gasteiger partial charge in [0.1, 0.15) is 0 Å². The van der Waals surface area contributed by atoms with E-state index in [1.165, 1.54) is 5.56 Å². The molecule has 0 aliphatic carbocycles. The lowest BCUT2D eigenvalue weighted by Gasteiger charge is -2.15. The zero-order valence-electron chi connectivity index (χ0n) is 12.1. The number of carbonyl (C=O) groups excluding carboxylic acids is 2. The molecule has 1 aromatic rings. The Morgan fingerprint density at radius 3 is 2.80 bits per heavy atom. The number of carbonyl (C=O) groups is 2. The van der Waals surface area contributed by atoms with Gasteiger partial charge in [-0.25, -0.2) is 0 Å². The molecule has 0 fully saturated rings. The Morgan fingerprint density at radius 1 is 1.35 bits per heavy atom. The average Bonchev–Trinajstić information content (AvgIpc) is 2.79. The molecule has 1 heterocycles. The molecular weight excluding hydrogens is 254 g/mol. The van der Waals surface area contributed by atoms with E-state index >= 15 is 0 Å². The maximum atomic E-state index is 11.7. The number of amides is 1. The molecule has 1 aromatic carbocycles. The average molecular weight is 275 g/mol. The minimum absolute atomic E-state index is 0.0744. The molecular formula is C16H21NO3. The molecule has 0 radical (unpaired) electrons. The highest BCUT2D eigenvalue weighted by Crippen LogP contribution is 2.38. The molecule has 108 valence electrons. The molecule has 1 aliphatic heterocycles. The second kappa shape index (κ2) is 6.55. The lowest BCUT2D eigenvalue weighted by Crippen LogP contribution is -2.27. The maximum Gasteiger partial charge on any atom is 0.305 e. The molecule has 0 bridgehead atoms. The summed E-state index contributed by atoms with van der Waals surface area (Å²) in [7, 11) is 0. The summed E-state index contributed by atoms with van der Waals surface area (Å²) < 4.78 is 4.93. The van der Waals surface area contributed by atoms with Crippen molar-refractivity contribution in [2.45, 2.75) is 39.0 Å². The Labute approximate surface area is 119 Å². The summed E-state index contributed by atoms with van der Waals surface area (Å²) in [5.74, 6) is 0.261. The summed E-state index contributed by atoms with van der Waals surface area (Å²) in [5.41, 5.74) is 2.23. The highest BCUT2D eigenvalue weighted by atomic mass is 16.5. The molecule has 4 nitrogen and oxygen atoms in total. The van der Waals surface area contributed by atoms with Gasteiger partial charge in [0.25, 0.3) is 0 Å². The summed E-state index contributed by atoms with van der Waals surface area (Å²) in [4.78, 5) is 24.8. The van der Waals surface area contributed by atoms with Crippen LogP contribution in [0.15, 0.2) is 24.3 Å². The molecule has 1 atom stereocenters. The van der Waals surface area contributed by atoms with Crippen LogP contribution in [0, 0.1) is 0 Å². The minimum atomic E-state index is -0.137. The minimum Gasteiger partial charge on any atom is -0.466 e. The molecule has 1 amide bonds. The van der Waals surface area contributed by atoms with Crippen LogP contribution in [-0.4, -0.2) is 25.0 Å². The molecule has 1 aliphatic rings. The van der Waals surface area contributed by atoms with Gasteiger partial charge in [0, 0.05) is 31.5 Å². The predicted octanol–water partition coefficient (Wildman–Crippen LogP) is 2.87. The van der Waals surface area contributed by atoms with Crippen LogP contribution in [-0.2, 0) is 14.3 Å². The first-order valence-corrected chi connectivity index (χ1v) is 7.16. The SMILES string of the molecule is CCOC(=O)CCCC1CN(C(C)=O)c2ccccc21. The number of anilines is 1. The highest BCUT2D eigenvalue weighted by molar-refractivity contribution is 5.94. The van der Waals surface area contributed by atoms with Crippen molar-refractivity contribution in [2.24, 2.45) is 0 Å². The second-order valence-corrected chi connectivity index (χ2v) is 5.08. The maximum absolute atomic E-state index is 11.7. The Bertz CT molecular complexity index is 498. The van der Waals surface area contributed by atoms with Crippen LogP contribution in [0.5, 0.6) is 0 Å². The van der Waals surface area contributed by atoms with Crippen molar-refractivity contribution in [2.75, 3.05) is 18.1 Å². The van der Waals surface area contributed by atoms with Crippen molar-refractivity contribution in [3.63, 3.8) is 0 Å². The van der Waals surface area contributed by atoms with Gasteiger partial charge in [0.05, 0.1) is 6.61 Å². The van der Waals surface area contributed by atoms with Crippen molar-refractivity contribution in [3.8, 4) is 0 Å². The van der Waals surface area contributed by atoms with E-state index in [-0.39, 0.29) is 11.9 Å². The van der Waals surface area contributed by atoms with Crippen molar-refractivity contribution >= 4 is 17.6 Å². The number of nitrogens with zero attached hydrogens (tertiary/aromatic N) is 1. The van der Waals surface area contributed by atoms with Gasteiger partial charge >= 0.3 is 5.97 Å². The smallest absolute Gasteiger partial charge is 0.305 e. The second-order valence-electron chi connectivity index (χ2n) is 5.08. The number of benzene rings is 1. The number of ether oxygens (including phenoxy) is 1. The first-order chi connectivity index (χ1) is 9.63. The molecule has 0 spiro atoms. The monoisotopic (exact) mass is 275 g/mol. The Balaban J connectivity index is 1.97. The Kier molecular flexibility index (Phi) is 4.77. The van der Waals surface area contributed by atoms with Gasteiger partial charge in [-0.2, -0.15) is 0 Å². The standard InChI is InChI=1S/C16H21NO3/c1-3-20-16(19)10-6-7-13-11-17(12(2)18)15-9-5-4-8-14(13)15/h4-5,8-9,13H,3,6-7,10-11H2,1-2H3. The zero-order valence-corrected chi connectivity index (χ0v) is 12.1. The molecule has 1 unspecified atom stereocenters. The highest BCUT2D eigenvalue weighted by Gasteiger charge is 2.29. The number of hydrogen-bond acceptors (Lipinski definition) is 3. The van der Waals surface area contributed by atoms with E-state index in [1.807, 2.05) is 30.0 Å². The first-order valence-electron chi connectivity index (χ1n) is 7.16. The van der Waals surface area contributed by atoms with Crippen LogP contribution in [0.3, 0.4) is 0 Å². The van der Waals surface area contributed by atoms with Crippen LogP contribution in [0.1, 0.15) is 44.6 Å². The molecule has 2 rings (SSSR count). The zero-order chi connectivity index (χ0) is 14.5. The fourth-order valence-corrected chi connectivity index (χ4v) is 2.77. The molecule has 0 saturated heterocycles. The summed E-state index contributed by atoms with van der Waals surface area (Å²) >= 11 is 0. The van der Waals surface area contributed by atoms with E-state index in [0.717, 1.165) is 25.1 Å². The fraction of sp³-hybridized carbons (Fsp3) is 0.500. The normalized spacial score (nSPS) is 16.9. The molecule has 20 heavy (non-hydrogen) atoms. The lowest BCUT2D eigenvalue weighted by atomic mass is 9.95. The Hall–Kier alpha value is -1.84. The number of esters is 1.